The minimum Gasteiger partial charge on any atom is -0.208 e. The Labute approximate surface area is 245 Å². The lowest BCUT2D eigenvalue weighted by atomic mass is 9.98. The van der Waals surface area contributed by atoms with Gasteiger partial charge in [0.2, 0.25) is 0 Å². The van der Waals surface area contributed by atoms with E-state index in [1.54, 1.807) is 0 Å². The molecule has 1 heterocycles. The average molecular weight is 538 g/mol. The van der Waals surface area contributed by atoms with Crippen LogP contribution in [-0.2, 0) is 0 Å². The molecule has 0 aliphatic heterocycles. The van der Waals surface area contributed by atoms with Crippen LogP contribution in [0.2, 0.25) is 0 Å². The van der Waals surface area contributed by atoms with Crippen molar-refractivity contribution < 1.29 is 0 Å². The van der Waals surface area contributed by atoms with Crippen molar-refractivity contribution in [2.45, 2.75) is 0 Å². The topological polar surface area (TPSA) is 38.7 Å². The van der Waals surface area contributed by atoms with Crippen LogP contribution in [0.4, 0.5) is 0 Å². The molecule has 7 aromatic rings. The van der Waals surface area contributed by atoms with E-state index in [9.17, 15) is 0 Å². The van der Waals surface area contributed by atoms with Crippen LogP contribution in [0, 0.1) is 0 Å². The minimum atomic E-state index is 0.645. The van der Waals surface area contributed by atoms with Crippen molar-refractivity contribution in [3.05, 3.63) is 164 Å². The second kappa shape index (κ2) is 11.4. The van der Waals surface area contributed by atoms with Crippen molar-refractivity contribution in [1.29, 1.82) is 0 Å². The van der Waals surface area contributed by atoms with Crippen LogP contribution < -0.4 is 0 Å². The van der Waals surface area contributed by atoms with E-state index in [-0.39, 0.29) is 0 Å². The maximum absolute atomic E-state index is 4.98. The molecule has 3 heteroatoms. The predicted molar refractivity (Wildman–Crippen MR) is 172 cm³/mol. The first-order chi connectivity index (χ1) is 20.8. The molecule has 0 fully saturated rings. The summed E-state index contributed by atoms with van der Waals surface area (Å²) in [4.78, 5) is 14.8. The minimum absolute atomic E-state index is 0.645. The third-order valence-corrected chi connectivity index (χ3v) is 7.34. The highest BCUT2D eigenvalue weighted by Gasteiger charge is 2.13. The molecule has 42 heavy (non-hydrogen) atoms. The van der Waals surface area contributed by atoms with E-state index in [0.717, 1.165) is 33.4 Å². The van der Waals surface area contributed by atoms with Gasteiger partial charge in [-0.3, -0.25) is 0 Å². The second-order valence-electron chi connectivity index (χ2n) is 10.1. The first-order valence-electron chi connectivity index (χ1n) is 14.0. The van der Waals surface area contributed by atoms with Crippen LogP contribution in [0.5, 0.6) is 0 Å². The van der Waals surface area contributed by atoms with Gasteiger partial charge in [-0.25, -0.2) is 15.0 Å². The number of hydrogen-bond donors (Lipinski definition) is 0. The number of rotatable bonds is 6. The van der Waals surface area contributed by atoms with Gasteiger partial charge in [0.1, 0.15) is 0 Å². The molecule has 1 aromatic heterocycles. The molecule has 0 N–H and O–H groups in total. The van der Waals surface area contributed by atoms with Crippen molar-refractivity contribution in [1.82, 2.24) is 15.0 Å². The van der Waals surface area contributed by atoms with Crippen LogP contribution in [0.15, 0.2) is 164 Å². The first kappa shape index (κ1) is 25.3. The molecule has 6 aromatic carbocycles. The second-order valence-corrected chi connectivity index (χ2v) is 10.1. The maximum atomic E-state index is 4.98. The normalized spacial score (nSPS) is 10.9. The van der Waals surface area contributed by atoms with Crippen LogP contribution in [0.3, 0.4) is 0 Å². The Hall–Kier alpha value is -5.67. The third-order valence-electron chi connectivity index (χ3n) is 7.34. The molecular formula is C39H27N3. The van der Waals surface area contributed by atoms with Crippen molar-refractivity contribution >= 4 is 0 Å². The molecule has 0 saturated heterocycles. The Balaban J connectivity index is 1.30. The van der Waals surface area contributed by atoms with Crippen molar-refractivity contribution in [3.63, 3.8) is 0 Å². The fourth-order valence-electron chi connectivity index (χ4n) is 5.14. The summed E-state index contributed by atoms with van der Waals surface area (Å²) in [7, 11) is 0. The highest BCUT2D eigenvalue weighted by Crippen LogP contribution is 2.31. The van der Waals surface area contributed by atoms with Gasteiger partial charge in [0.15, 0.2) is 17.5 Å². The van der Waals surface area contributed by atoms with E-state index in [1.165, 1.54) is 16.7 Å². The van der Waals surface area contributed by atoms with Gasteiger partial charge in [-0.1, -0.05) is 152 Å². The smallest absolute Gasteiger partial charge is 0.164 e. The van der Waals surface area contributed by atoms with Gasteiger partial charge in [0.05, 0.1) is 0 Å². The summed E-state index contributed by atoms with van der Waals surface area (Å²) in [5.41, 5.74) is 9.82. The molecule has 7 rings (SSSR count). The van der Waals surface area contributed by atoms with Gasteiger partial charge in [-0.05, 0) is 45.5 Å². The SMILES string of the molecule is c1ccc(-c2ccc(-c3nc(-c4ccccc4)nc(-c4cccc(-c5cccc(-c6ccccc6)c5)c4)n3)cc2)cc1. The molecule has 3 nitrogen and oxygen atoms in total. The van der Waals surface area contributed by atoms with E-state index in [1.807, 2.05) is 42.5 Å². The zero-order valence-electron chi connectivity index (χ0n) is 22.9. The number of benzene rings is 6. The van der Waals surface area contributed by atoms with Gasteiger partial charge in [-0.2, -0.15) is 0 Å². The molecular weight excluding hydrogens is 510 g/mol. The molecule has 0 bridgehead atoms. The monoisotopic (exact) mass is 537 g/mol. The summed E-state index contributed by atoms with van der Waals surface area (Å²) in [5.74, 6) is 1.95. The number of aromatic nitrogens is 3. The van der Waals surface area contributed by atoms with Crippen LogP contribution >= 0.6 is 0 Å². The van der Waals surface area contributed by atoms with E-state index < -0.39 is 0 Å². The van der Waals surface area contributed by atoms with Crippen LogP contribution in [0.1, 0.15) is 0 Å². The lowest BCUT2D eigenvalue weighted by molar-refractivity contribution is 1.07. The molecule has 0 unspecified atom stereocenters. The summed E-state index contributed by atoms with van der Waals surface area (Å²) in [6.07, 6.45) is 0. The Bertz CT molecular complexity index is 1950. The molecule has 0 atom stereocenters. The van der Waals surface area contributed by atoms with E-state index in [2.05, 4.69) is 121 Å². The fraction of sp³-hybridized carbons (Fsp3) is 0. The Morgan fingerprint density at radius 2 is 0.500 bits per heavy atom. The Morgan fingerprint density at radius 1 is 0.214 bits per heavy atom. The molecule has 0 amide bonds. The standard InChI is InChI=1S/C39H27N3/c1-4-12-28(13-5-1)30-22-24-32(25-23-30)38-40-37(31-16-8-3-9-17-31)41-39(42-38)36-21-11-20-35(27-36)34-19-10-18-33(26-34)29-14-6-2-7-15-29/h1-27H. The highest BCUT2D eigenvalue weighted by atomic mass is 15.0. The van der Waals surface area contributed by atoms with Crippen LogP contribution in [0.25, 0.3) is 67.5 Å². The average Bonchev–Trinajstić information content (AvgIpc) is 3.09. The molecule has 0 aliphatic rings. The molecule has 0 aliphatic carbocycles. The molecule has 0 spiro atoms. The molecule has 0 saturated carbocycles. The molecule has 0 radical (unpaired) electrons. The van der Waals surface area contributed by atoms with Crippen molar-refractivity contribution in [2.75, 3.05) is 0 Å². The summed E-state index contributed by atoms with van der Waals surface area (Å²) in [6, 6.07) is 56.4. The third kappa shape index (κ3) is 5.36. The Kier molecular flexibility index (Phi) is 6.89. The first-order valence-corrected chi connectivity index (χ1v) is 14.0. The Morgan fingerprint density at radius 3 is 1.02 bits per heavy atom. The predicted octanol–water partition coefficient (Wildman–Crippen LogP) is 9.87. The van der Waals surface area contributed by atoms with Crippen molar-refractivity contribution in [3.8, 4) is 67.5 Å². The van der Waals surface area contributed by atoms with Gasteiger partial charge in [0.25, 0.3) is 0 Å². The zero-order chi connectivity index (χ0) is 28.1. The van der Waals surface area contributed by atoms with Gasteiger partial charge >= 0.3 is 0 Å². The summed E-state index contributed by atoms with van der Waals surface area (Å²) in [5, 5.41) is 0. The lowest BCUT2D eigenvalue weighted by Crippen LogP contribution is -2.00. The maximum Gasteiger partial charge on any atom is 0.164 e. The van der Waals surface area contributed by atoms with Crippen molar-refractivity contribution in [2.24, 2.45) is 0 Å². The van der Waals surface area contributed by atoms with Crippen LogP contribution in [-0.4, -0.2) is 15.0 Å². The molecule has 198 valence electrons. The highest BCUT2D eigenvalue weighted by molar-refractivity contribution is 5.77. The van der Waals surface area contributed by atoms with E-state index >= 15 is 0 Å². The van der Waals surface area contributed by atoms with E-state index in [0.29, 0.717) is 17.5 Å². The fourth-order valence-corrected chi connectivity index (χ4v) is 5.14. The van der Waals surface area contributed by atoms with Gasteiger partial charge in [-0.15, -0.1) is 0 Å². The summed E-state index contributed by atoms with van der Waals surface area (Å²) in [6.45, 7) is 0. The summed E-state index contributed by atoms with van der Waals surface area (Å²) < 4.78 is 0. The number of hydrogen-bond acceptors (Lipinski definition) is 3. The quantitative estimate of drug-likeness (QED) is 0.212. The summed E-state index contributed by atoms with van der Waals surface area (Å²) >= 11 is 0. The largest absolute Gasteiger partial charge is 0.208 e. The van der Waals surface area contributed by atoms with Gasteiger partial charge in [0, 0.05) is 16.7 Å². The van der Waals surface area contributed by atoms with E-state index in [4.69, 9.17) is 15.0 Å². The number of nitrogens with zero attached hydrogens (tertiary/aromatic N) is 3. The van der Waals surface area contributed by atoms with Gasteiger partial charge < -0.3 is 0 Å². The zero-order valence-corrected chi connectivity index (χ0v) is 22.9. The lowest BCUT2D eigenvalue weighted by Gasteiger charge is -2.11.